The molecule has 0 N–H and O–H groups in total. The topological polar surface area (TPSA) is 34.0 Å². The van der Waals surface area contributed by atoms with E-state index in [-0.39, 0.29) is 17.1 Å². The summed E-state index contributed by atoms with van der Waals surface area (Å²) in [6, 6.07) is 9.78. The molecule has 0 radical (unpaired) electrons. The molecular formula is C23H28N2O. The largest absolute Gasteiger partial charge is 0.494 e. The molecule has 0 spiro atoms. The highest BCUT2D eigenvalue weighted by Gasteiger charge is 2.74. The minimum Gasteiger partial charge on any atom is -0.494 e. The average Bonchev–Trinajstić information content (AvgIpc) is 3.14. The van der Waals surface area contributed by atoms with Crippen LogP contribution in [0.4, 0.5) is 5.69 Å². The van der Waals surface area contributed by atoms with Crippen LogP contribution in [0.5, 0.6) is 0 Å². The van der Waals surface area contributed by atoms with Crippen molar-refractivity contribution in [3.8, 4) is 0 Å². The minimum absolute atomic E-state index is 0.00773. The zero-order valence-electron chi connectivity index (χ0n) is 15.9. The maximum absolute atomic E-state index is 6.50. The summed E-state index contributed by atoms with van der Waals surface area (Å²) >= 11 is 0. The molecule has 4 rings (SSSR count). The Morgan fingerprint density at radius 3 is 2.73 bits per heavy atom. The standard InChI is InChI=1S/C23H28N2O/c1-17-13-14-21-22(2,3)23(21,15-17)26-16-18-9-7-8-12-20(18)25-24-19-10-5-4-6-11-19/h4-12,16-17,20-21H,13-15H2,1-3H3. The monoisotopic (exact) mass is 348 g/mol. The molecule has 3 nitrogen and oxygen atoms in total. The summed E-state index contributed by atoms with van der Waals surface area (Å²) in [5.74, 6) is 1.41. The fourth-order valence-corrected chi connectivity index (χ4v) is 4.83. The summed E-state index contributed by atoms with van der Waals surface area (Å²) in [7, 11) is 0. The van der Waals surface area contributed by atoms with Crippen molar-refractivity contribution in [2.75, 3.05) is 0 Å². The lowest BCUT2D eigenvalue weighted by Gasteiger charge is -2.28. The van der Waals surface area contributed by atoms with Crippen molar-refractivity contribution in [3.63, 3.8) is 0 Å². The van der Waals surface area contributed by atoms with Crippen molar-refractivity contribution in [1.29, 1.82) is 0 Å². The Morgan fingerprint density at radius 1 is 1.12 bits per heavy atom. The maximum Gasteiger partial charge on any atom is 0.118 e. The minimum atomic E-state index is -0.0852. The number of fused-ring (bicyclic) bond motifs is 1. The van der Waals surface area contributed by atoms with Crippen LogP contribution in [0.15, 0.2) is 76.7 Å². The van der Waals surface area contributed by atoms with Crippen molar-refractivity contribution in [2.24, 2.45) is 27.5 Å². The first-order valence-corrected chi connectivity index (χ1v) is 9.71. The smallest absolute Gasteiger partial charge is 0.118 e. The number of benzene rings is 1. The van der Waals surface area contributed by atoms with Gasteiger partial charge < -0.3 is 4.74 Å². The molecule has 3 heteroatoms. The second-order valence-corrected chi connectivity index (χ2v) is 8.53. The highest BCUT2D eigenvalue weighted by atomic mass is 16.5. The van der Waals surface area contributed by atoms with E-state index in [2.05, 4.69) is 43.2 Å². The van der Waals surface area contributed by atoms with Crippen LogP contribution in [-0.4, -0.2) is 11.6 Å². The van der Waals surface area contributed by atoms with Gasteiger partial charge in [-0.15, -0.1) is 0 Å². The van der Waals surface area contributed by atoms with Gasteiger partial charge in [0.05, 0.1) is 11.9 Å². The third-order valence-corrected chi connectivity index (χ3v) is 6.54. The zero-order valence-corrected chi connectivity index (χ0v) is 15.9. The third-order valence-electron chi connectivity index (χ3n) is 6.54. The first-order valence-electron chi connectivity index (χ1n) is 9.71. The molecule has 0 saturated heterocycles. The summed E-state index contributed by atoms with van der Waals surface area (Å²) in [6.45, 7) is 7.07. The molecule has 3 aliphatic carbocycles. The Kier molecular flexibility index (Phi) is 4.34. The Hall–Kier alpha value is -2.16. The highest BCUT2D eigenvalue weighted by molar-refractivity contribution is 5.38. The fraction of sp³-hybridized carbons (Fsp3) is 0.478. The highest BCUT2D eigenvalue weighted by Crippen LogP contribution is 2.71. The van der Waals surface area contributed by atoms with Crippen LogP contribution in [0, 0.1) is 17.3 Å². The van der Waals surface area contributed by atoms with Gasteiger partial charge in [0.25, 0.3) is 0 Å². The van der Waals surface area contributed by atoms with Gasteiger partial charge in [-0.2, -0.15) is 10.2 Å². The van der Waals surface area contributed by atoms with Crippen LogP contribution < -0.4 is 0 Å². The number of rotatable bonds is 4. The maximum atomic E-state index is 6.50. The van der Waals surface area contributed by atoms with Crippen molar-refractivity contribution in [3.05, 3.63) is 66.5 Å². The summed E-state index contributed by atoms with van der Waals surface area (Å²) in [5, 5.41) is 8.91. The van der Waals surface area contributed by atoms with Crippen LogP contribution in [0.1, 0.15) is 40.0 Å². The van der Waals surface area contributed by atoms with Crippen molar-refractivity contribution in [2.45, 2.75) is 51.7 Å². The molecule has 0 aromatic heterocycles. The van der Waals surface area contributed by atoms with E-state index in [9.17, 15) is 0 Å². The summed E-state index contributed by atoms with van der Waals surface area (Å²) in [6.07, 6.45) is 13.9. The van der Waals surface area contributed by atoms with Gasteiger partial charge in [-0.25, -0.2) is 0 Å². The van der Waals surface area contributed by atoms with Crippen molar-refractivity contribution < 1.29 is 4.74 Å². The molecule has 3 aliphatic rings. The van der Waals surface area contributed by atoms with E-state index in [1.54, 1.807) is 0 Å². The Bertz CT molecular complexity index is 775. The summed E-state index contributed by atoms with van der Waals surface area (Å²) in [5.41, 5.74) is 2.22. The molecule has 2 saturated carbocycles. The predicted octanol–water partition coefficient (Wildman–Crippen LogP) is 6.38. The Morgan fingerprint density at radius 2 is 1.92 bits per heavy atom. The van der Waals surface area contributed by atoms with Gasteiger partial charge in [-0.1, -0.05) is 69.7 Å². The number of nitrogens with zero attached hydrogens (tertiary/aromatic N) is 2. The van der Waals surface area contributed by atoms with Crippen LogP contribution in [0.25, 0.3) is 0 Å². The van der Waals surface area contributed by atoms with Crippen molar-refractivity contribution >= 4 is 5.69 Å². The number of hydrogen-bond donors (Lipinski definition) is 0. The van der Waals surface area contributed by atoms with E-state index < -0.39 is 0 Å². The van der Waals surface area contributed by atoms with E-state index in [0.717, 1.165) is 23.6 Å². The zero-order chi connectivity index (χ0) is 18.2. The molecular weight excluding hydrogens is 320 g/mol. The van der Waals surface area contributed by atoms with Crippen LogP contribution >= 0.6 is 0 Å². The Balaban J connectivity index is 1.51. The van der Waals surface area contributed by atoms with Crippen LogP contribution in [0.2, 0.25) is 0 Å². The third kappa shape index (κ3) is 2.94. The SMILES string of the molecule is CC1CCC2C(C)(C)C2(OC=C2C=CC=CC2N=Nc2ccccc2)C1. The molecule has 0 heterocycles. The summed E-state index contributed by atoms with van der Waals surface area (Å²) in [4.78, 5) is 0. The lowest BCUT2D eigenvalue weighted by Crippen LogP contribution is -2.26. The molecule has 0 bridgehead atoms. The average molecular weight is 348 g/mol. The van der Waals surface area contributed by atoms with Gasteiger partial charge in [0.2, 0.25) is 0 Å². The lowest BCUT2D eigenvalue weighted by molar-refractivity contribution is 0.0398. The van der Waals surface area contributed by atoms with Crippen LogP contribution in [0.3, 0.4) is 0 Å². The van der Waals surface area contributed by atoms with Crippen LogP contribution in [-0.2, 0) is 4.74 Å². The van der Waals surface area contributed by atoms with E-state index in [1.165, 1.54) is 12.8 Å². The van der Waals surface area contributed by atoms with Gasteiger partial charge in [0, 0.05) is 16.9 Å². The second-order valence-electron chi connectivity index (χ2n) is 8.53. The van der Waals surface area contributed by atoms with E-state index in [4.69, 9.17) is 4.74 Å². The number of azo groups is 1. The molecule has 0 amide bonds. The first-order chi connectivity index (χ1) is 12.5. The van der Waals surface area contributed by atoms with Gasteiger partial charge in [0.1, 0.15) is 11.6 Å². The van der Waals surface area contributed by atoms with Crippen molar-refractivity contribution in [1.82, 2.24) is 0 Å². The molecule has 0 aliphatic heterocycles. The molecule has 1 aromatic rings. The summed E-state index contributed by atoms with van der Waals surface area (Å²) < 4.78 is 6.50. The second kappa shape index (κ2) is 6.53. The van der Waals surface area contributed by atoms with Gasteiger partial charge in [-0.05, 0) is 30.9 Å². The number of ether oxygens (including phenoxy) is 1. The normalized spacial score (nSPS) is 36.3. The van der Waals surface area contributed by atoms with E-state index in [0.29, 0.717) is 5.92 Å². The predicted molar refractivity (Wildman–Crippen MR) is 105 cm³/mol. The van der Waals surface area contributed by atoms with E-state index in [1.807, 2.05) is 48.7 Å². The molecule has 4 atom stereocenters. The first kappa shape index (κ1) is 17.3. The van der Waals surface area contributed by atoms with Gasteiger partial charge >= 0.3 is 0 Å². The van der Waals surface area contributed by atoms with E-state index >= 15 is 0 Å². The van der Waals surface area contributed by atoms with Gasteiger partial charge in [0.15, 0.2) is 0 Å². The fourth-order valence-electron chi connectivity index (χ4n) is 4.83. The molecule has 4 unspecified atom stereocenters. The quantitative estimate of drug-likeness (QED) is 0.459. The Labute approximate surface area is 156 Å². The number of allylic oxidation sites excluding steroid dienone is 2. The van der Waals surface area contributed by atoms with Gasteiger partial charge in [-0.3, -0.25) is 0 Å². The molecule has 26 heavy (non-hydrogen) atoms. The lowest BCUT2D eigenvalue weighted by atomic mass is 9.88. The molecule has 1 aromatic carbocycles. The molecule has 136 valence electrons. The molecule has 2 fully saturated rings. The number of hydrogen-bond acceptors (Lipinski definition) is 3.